The lowest BCUT2D eigenvalue weighted by Crippen LogP contribution is -2.39. The molecule has 1 N–H and O–H groups in total. The van der Waals surface area contributed by atoms with Gasteiger partial charge in [-0.3, -0.25) is 4.90 Å². The normalized spacial score (nSPS) is 17.0. The molecule has 1 aliphatic rings. The van der Waals surface area contributed by atoms with Gasteiger partial charge in [0.25, 0.3) is 0 Å². The van der Waals surface area contributed by atoms with Crippen molar-refractivity contribution in [1.82, 2.24) is 4.90 Å². The number of rotatable bonds is 4. The fourth-order valence-electron chi connectivity index (χ4n) is 2.59. The molecule has 0 atom stereocenters. The third-order valence-electron chi connectivity index (χ3n) is 3.92. The van der Waals surface area contributed by atoms with Gasteiger partial charge in [-0.15, -0.1) is 0 Å². The van der Waals surface area contributed by atoms with Crippen LogP contribution in [0.4, 0.5) is 10.1 Å². The maximum atomic E-state index is 13.8. The zero-order valence-electron chi connectivity index (χ0n) is 12.7. The first-order chi connectivity index (χ1) is 9.56. The SMILES string of the molecule is CC(C)=CCN1CCC(Nc2c(C)cccc2F)CC1. The highest BCUT2D eigenvalue weighted by atomic mass is 19.1. The average Bonchev–Trinajstić information content (AvgIpc) is 2.42. The molecule has 20 heavy (non-hydrogen) atoms. The maximum absolute atomic E-state index is 13.8. The van der Waals surface area contributed by atoms with E-state index in [0.29, 0.717) is 11.7 Å². The first-order valence-electron chi connectivity index (χ1n) is 7.43. The van der Waals surface area contributed by atoms with Crippen LogP contribution in [0.2, 0.25) is 0 Å². The Bertz CT molecular complexity index is 450. The fraction of sp³-hybridized carbons (Fsp3) is 0.529. The lowest BCUT2D eigenvalue weighted by molar-refractivity contribution is 0.239. The van der Waals surface area contributed by atoms with Crippen molar-refractivity contribution in [1.29, 1.82) is 0 Å². The van der Waals surface area contributed by atoms with Gasteiger partial charge in [0.1, 0.15) is 5.82 Å². The molecule has 1 saturated heterocycles. The molecular weight excluding hydrogens is 251 g/mol. The van der Waals surface area contributed by atoms with Crippen molar-refractivity contribution in [2.75, 3.05) is 25.0 Å². The van der Waals surface area contributed by atoms with Gasteiger partial charge in [0.15, 0.2) is 0 Å². The number of hydrogen-bond acceptors (Lipinski definition) is 2. The van der Waals surface area contributed by atoms with Crippen molar-refractivity contribution in [2.24, 2.45) is 0 Å². The Morgan fingerprint density at radius 2 is 2.05 bits per heavy atom. The van der Waals surface area contributed by atoms with Crippen LogP contribution in [0.3, 0.4) is 0 Å². The summed E-state index contributed by atoms with van der Waals surface area (Å²) in [4.78, 5) is 2.46. The molecule has 1 aromatic rings. The topological polar surface area (TPSA) is 15.3 Å². The lowest BCUT2D eigenvalue weighted by Gasteiger charge is -2.32. The van der Waals surface area contributed by atoms with E-state index in [-0.39, 0.29) is 5.82 Å². The van der Waals surface area contributed by atoms with Gasteiger partial charge in [-0.25, -0.2) is 4.39 Å². The summed E-state index contributed by atoms with van der Waals surface area (Å²) >= 11 is 0. The molecule has 0 radical (unpaired) electrons. The second-order valence-corrected chi connectivity index (χ2v) is 5.93. The summed E-state index contributed by atoms with van der Waals surface area (Å²) in [5.74, 6) is -0.142. The molecule has 2 nitrogen and oxygen atoms in total. The summed E-state index contributed by atoms with van der Waals surface area (Å²) in [6.07, 6.45) is 4.42. The number of halogens is 1. The van der Waals surface area contributed by atoms with E-state index in [4.69, 9.17) is 0 Å². The Labute approximate surface area is 121 Å². The van der Waals surface area contributed by atoms with Crippen LogP contribution in [-0.4, -0.2) is 30.6 Å². The van der Waals surface area contributed by atoms with E-state index in [0.717, 1.165) is 38.0 Å². The van der Waals surface area contributed by atoms with E-state index in [1.54, 1.807) is 6.07 Å². The Morgan fingerprint density at radius 3 is 2.65 bits per heavy atom. The Kier molecular flexibility index (Phi) is 5.18. The van der Waals surface area contributed by atoms with Crippen molar-refractivity contribution < 1.29 is 4.39 Å². The number of allylic oxidation sites excluding steroid dienone is 1. The van der Waals surface area contributed by atoms with Crippen LogP contribution in [0.25, 0.3) is 0 Å². The molecule has 3 heteroatoms. The highest BCUT2D eigenvalue weighted by Crippen LogP contribution is 2.22. The van der Waals surface area contributed by atoms with Crippen LogP contribution in [0.1, 0.15) is 32.3 Å². The van der Waals surface area contributed by atoms with Gasteiger partial charge in [-0.1, -0.05) is 23.8 Å². The first-order valence-corrected chi connectivity index (χ1v) is 7.43. The molecule has 0 amide bonds. The van der Waals surface area contributed by atoms with Crippen LogP contribution in [0.5, 0.6) is 0 Å². The van der Waals surface area contributed by atoms with E-state index < -0.39 is 0 Å². The number of nitrogens with one attached hydrogen (secondary N) is 1. The molecule has 0 spiro atoms. The quantitative estimate of drug-likeness (QED) is 0.837. The number of benzene rings is 1. The van der Waals surface area contributed by atoms with E-state index >= 15 is 0 Å². The number of piperidine rings is 1. The molecule has 0 bridgehead atoms. The van der Waals surface area contributed by atoms with Gasteiger partial charge < -0.3 is 5.32 Å². The lowest BCUT2D eigenvalue weighted by atomic mass is 10.0. The first kappa shape index (κ1) is 15.0. The smallest absolute Gasteiger partial charge is 0.146 e. The van der Waals surface area contributed by atoms with Crippen LogP contribution in [-0.2, 0) is 0 Å². The van der Waals surface area contributed by atoms with E-state index in [2.05, 4.69) is 30.1 Å². The van der Waals surface area contributed by atoms with Gasteiger partial charge in [0.2, 0.25) is 0 Å². The van der Waals surface area contributed by atoms with E-state index in [1.807, 2.05) is 13.0 Å². The van der Waals surface area contributed by atoms with Crippen molar-refractivity contribution in [2.45, 2.75) is 39.7 Å². The predicted octanol–water partition coefficient (Wildman–Crippen LogP) is 3.98. The average molecular weight is 276 g/mol. The van der Waals surface area contributed by atoms with Crippen molar-refractivity contribution >= 4 is 5.69 Å². The summed E-state index contributed by atoms with van der Waals surface area (Å²) in [6, 6.07) is 5.63. The molecule has 1 aliphatic heterocycles. The fourth-order valence-corrected chi connectivity index (χ4v) is 2.59. The highest BCUT2D eigenvalue weighted by Gasteiger charge is 2.19. The second kappa shape index (κ2) is 6.89. The number of para-hydroxylation sites is 1. The zero-order chi connectivity index (χ0) is 14.5. The second-order valence-electron chi connectivity index (χ2n) is 5.93. The largest absolute Gasteiger partial charge is 0.380 e. The number of nitrogens with zero attached hydrogens (tertiary/aromatic N) is 1. The minimum atomic E-state index is -0.142. The summed E-state index contributed by atoms with van der Waals surface area (Å²) in [5.41, 5.74) is 3.03. The summed E-state index contributed by atoms with van der Waals surface area (Å²) in [5, 5.41) is 3.39. The Balaban J connectivity index is 1.87. The molecule has 0 aliphatic carbocycles. The van der Waals surface area contributed by atoms with E-state index in [1.165, 1.54) is 11.6 Å². The van der Waals surface area contributed by atoms with Crippen LogP contribution < -0.4 is 5.32 Å². The Morgan fingerprint density at radius 1 is 1.35 bits per heavy atom. The third kappa shape index (κ3) is 4.07. The van der Waals surface area contributed by atoms with Gasteiger partial charge in [-0.05, 0) is 45.2 Å². The standard InChI is InChI=1S/C17H25FN2/c1-13(2)7-10-20-11-8-15(9-12-20)19-17-14(3)5-4-6-16(17)18/h4-7,15,19H,8-12H2,1-3H3. The van der Waals surface area contributed by atoms with Gasteiger partial charge in [0.05, 0.1) is 5.69 Å². The highest BCUT2D eigenvalue weighted by molar-refractivity contribution is 5.52. The van der Waals surface area contributed by atoms with Crippen molar-refractivity contribution in [3.05, 3.63) is 41.2 Å². The van der Waals surface area contributed by atoms with Crippen molar-refractivity contribution in [3.8, 4) is 0 Å². The minimum absolute atomic E-state index is 0.142. The number of anilines is 1. The molecule has 1 heterocycles. The van der Waals surface area contributed by atoms with Gasteiger partial charge >= 0.3 is 0 Å². The zero-order valence-corrected chi connectivity index (χ0v) is 12.7. The van der Waals surface area contributed by atoms with Gasteiger partial charge in [0, 0.05) is 25.7 Å². The minimum Gasteiger partial charge on any atom is -0.380 e. The molecule has 2 rings (SSSR count). The van der Waals surface area contributed by atoms with Crippen LogP contribution >= 0.6 is 0 Å². The van der Waals surface area contributed by atoms with E-state index in [9.17, 15) is 4.39 Å². The number of aryl methyl sites for hydroxylation is 1. The third-order valence-corrected chi connectivity index (χ3v) is 3.92. The summed E-state index contributed by atoms with van der Waals surface area (Å²) in [6.45, 7) is 9.41. The number of likely N-dealkylation sites (tertiary alicyclic amines) is 1. The predicted molar refractivity (Wildman–Crippen MR) is 83.7 cm³/mol. The molecule has 1 aromatic carbocycles. The molecular formula is C17H25FN2. The summed E-state index contributed by atoms with van der Waals surface area (Å²) < 4.78 is 13.8. The van der Waals surface area contributed by atoms with Crippen LogP contribution in [0.15, 0.2) is 29.8 Å². The molecule has 0 aromatic heterocycles. The van der Waals surface area contributed by atoms with Crippen LogP contribution in [0, 0.1) is 12.7 Å². The molecule has 0 saturated carbocycles. The molecule has 1 fully saturated rings. The van der Waals surface area contributed by atoms with Crippen molar-refractivity contribution in [3.63, 3.8) is 0 Å². The number of hydrogen-bond donors (Lipinski definition) is 1. The van der Waals surface area contributed by atoms with Gasteiger partial charge in [-0.2, -0.15) is 0 Å². The molecule has 110 valence electrons. The maximum Gasteiger partial charge on any atom is 0.146 e. The monoisotopic (exact) mass is 276 g/mol. The Hall–Kier alpha value is -1.35. The summed E-state index contributed by atoms with van der Waals surface area (Å²) in [7, 11) is 0. The molecule has 0 unspecified atom stereocenters.